The molecule has 0 aliphatic heterocycles. The van der Waals surface area contributed by atoms with E-state index in [1.54, 1.807) is 13.8 Å². The van der Waals surface area contributed by atoms with E-state index in [1.165, 1.54) is 6.07 Å². The van der Waals surface area contributed by atoms with E-state index in [0.29, 0.717) is 0 Å². The molecule has 0 saturated carbocycles. The molecule has 0 aliphatic carbocycles. The van der Waals surface area contributed by atoms with Crippen LogP contribution in [0.2, 0.25) is 0 Å². The lowest BCUT2D eigenvalue weighted by Crippen LogP contribution is -2.31. The second-order valence-corrected chi connectivity index (χ2v) is 4.02. The van der Waals surface area contributed by atoms with Crippen LogP contribution in [0.1, 0.15) is 29.8 Å². The number of hydrogen-bond acceptors (Lipinski definition) is 1. The molecule has 6 heteroatoms. The maximum absolute atomic E-state index is 13.0. The Bertz CT molecular complexity index is 410. The van der Waals surface area contributed by atoms with Gasteiger partial charge in [-0.15, -0.1) is 12.4 Å². The van der Waals surface area contributed by atoms with Crippen LogP contribution >= 0.6 is 12.4 Å². The number of carbonyl (C=O) groups is 1. The average Bonchev–Trinajstić information content (AvgIpc) is 2.19. The number of halogens is 4. The van der Waals surface area contributed by atoms with E-state index in [4.69, 9.17) is 0 Å². The van der Waals surface area contributed by atoms with Gasteiger partial charge in [-0.3, -0.25) is 4.79 Å². The minimum Gasteiger partial charge on any atom is -0.350 e. The number of alkyl halides is 2. The highest BCUT2D eigenvalue weighted by molar-refractivity contribution is 5.95. The van der Waals surface area contributed by atoms with Gasteiger partial charge in [-0.05, 0) is 31.5 Å². The topological polar surface area (TPSA) is 29.1 Å². The van der Waals surface area contributed by atoms with Gasteiger partial charge < -0.3 is 5.32 Å². The third kappa shape index (κ3) is 4.96. The first-order valence-corrected chi connectivity index (χ1v) is 5.27. The Labute approximate surface area is 110 Å². The predicted octanol–water partition coefficient (Wildman–Crippen LogP) is 3.19. The molecule has 0 radical (unpaired) electrons. The van der Waals surface area contributed by atoms with Crippen molar-refractivity contribution in [2.24, 2.45) is 0 Å². The monoisotopic (exact) mass is 281 g/mol. The summed E-state index contributed by atoms with van der Waals surface area (Å²) >= 11 is 0. The number of nitrogens with one attached hydrogen (secondary N) is 1. The summed E-state index contributed by atoms with van der Waals surface area (Å²) in [6.07, 6.45) is -3.12. The molecule has 1 rings (SSSR count). The fraction of sp³-hybridized carbons (Fsp3) is 0.417. The SMILES string of the molecule is CC(C)NC(=O)c1cc(F)ccc1CC(F)F.Cl. The zero-order valence-corrected chi connectivity index (χ0v) is 10.9. The maximum atomic E-state index is 13.0. The van der Waals surface area contributed by atoms with Crippen molar-refractivity contribution < 1.29 is 18.0 Å². The molecule has 0 atom stereocenters. The van der Waals surface area contributed by atoms with Crippen molar-refractivity contribution >= 4 is 18.3 Å². The highest BCUT2D eigenvalue weighted by Gasteiger charge is 2.16. The lowest BCUT2D eigenvalue weighted by Gasteiger charge is -2.12. The Balaban J connectivity index is 0.00000289. The van der Waals surface area contributed by atoms with Gasteiger partial charge in [-0.1, -0.05) is 6.07 Å². The fourth-order valence-corrected chi connectivity index (χ4v) is 1.44. The second kappa shape index (κ2) is 7.26. The van der Waals surface area contributed by atoms with Crippen LogP contribution in [0.25, 0.3) is 0 Å². The van der Waals surface area contributed by atoms with Crippen LogP contribution in [0.15, 0.2) is 18.2 Å². The third-order valence-electron chi connectivity index (χ3n) is 2.11. The molecule has 0 spiro atoms. The summed E-state index contributed by atoms with van der Waals surface area (Å²) < 4.78 is 37.6. The first-order valence-electron chi connectivity index (χ1n) is 5.27. The van der Waals surface area contributed by atoms with Gasteiger partial charge in [-0.2, -0.15) is 0 Å². The van der Waals surface area contributed by atoms with E-state index < -0.39 is 24.6 Å². The smallest absolute Gasteiger partial charge is 0.251 e. The van der Waals surface area contributed by atoms with Gasteiger partial charge in [0.05, 0.1) is 0 Å². The minimum absolute atomic E-state index is 0. The van der Waals surface area contributed by atoms with E-state index in [0.717, 1.165) is 12.1 Å². The Kier molecular flexibility index (Phi) is 6.76. The van der Waals surface area contributed by atoms with Gasteiger partial charge in [-0.25, -0.2) is 13.2 Å². The van der Waals surface area contributed by atoms with Crippen molar-refractivity contribution in [1.29, 1.82) is 0 Å². The van der Waals surface area contributed by atoms with E-state index in [-0.39, 0.29) is 29.6 Å². The summed E-state index contributed by atoms with van der Waals surface area (Å²) in [6.45, 7) is 3.48. The number of rotatable bonds is 4. The van der Waals surface area contributed by atoms with Crippen LogP contribution in [-0.4, -0.2) is 18.4 Å². The van der Waals surface area contributed by atoms with Gasteiger partial charge >= 0.3 is 0 Å². The first kappa shape index (κ1) is 16.8. The molecule has 2 nitrogen and oxygen atoms in total. The lowest BCUT2D eigenvalue weighted by molar-refractivity contribution is 0.0940. The zero-order chi connectivity index (χ0) is 13.0. The Hall–Kier alpha value is -1.23. The van der Waals surface area contributed by atoms with Gasteiger partial charge in [0.25, 0.3) is 5.91 Å². The van der Waals surface area contributed by atoms with Crippen molar-refractivity contribution in [2.75, 3.05) is 0 Å². The summed E-state index contributed by atoms with van der Waals surface area (Å²) in [5.41, 5.74) is 0.124. The van der Waals surface area contributed by atoms with Gasteiger partial charge in [0.15, 0.2) is 0 Å². The molecule has 0 saturated heterocycles. The van der Waals surface area contributed by atoms with Gasteiger partial charge in [0.2, 0.25) is 6.43 Å². The van der Waals surface area contributed by atoms with Crippen molar-refractivity contribution in [3.8, 4) is 0 Å². The Morgan fingerprint density at radius 3 is 2.44 bits per heavy atom. The lowest BCUT2D eigenvalue weighted by atomic mass is 10.0. The van der Waals surface area contributed by atoms with E-state index in [2.05, 4.69) is 5.32 Å². The quantitative estimate of drug-likeness (QED) is 0.902. The Morgan fingerprint density at radius 2 is 1.94 bits per heavy atom. The molecule has 0 fully saturated rings. The number of amides is 1. The highest BCUT2D eigenvalue weighted by atomic mass is 35.5. The summed E-state index contributed by atoms with van der Waals surface area (Å²) in [6, 6.07) is 3.14. The van der Waals surface area contributed by atoms with Crippen LogP contribution < -0.4 is 5.32 Å². The standard InChI is InChI=1S/C12H14F3NO.ClH/c1-7(2)16-12(17)10-6-9(13)4-3-8(10)5-11(14)15;/h3-4,6-7,11H,5H2,1-2H3,(H,16,17);1H. The molecule has 1 aromatic rings. The van der Waals surface area contributed by atoms with E-state index in [9.17, 15) is 18.0 Å². The average molecular weight is 282 g/mol. The van der Waals surface area contributed by atoms with Crippen molar-refractivity contribution in [2.45, 2.75) is 32.7 Å². The highest BCUT2D eigenvalue weighted by Crippen LogP contribution is 2.15. The van der Waals surface area contributed by atoms with Crippen LogP contribution in [0.3, 0.4) is 0 Å². The van der Waals surface area contributed by atoms with Gasteiger partial charge in [0, 0.05) is 18.0 Å². The maximum Gasteiger partial charge on any atom is 0.251 e. The fourth-order valence-electron chi connectivity index (χ4n) is 1.44. The number of carbonyl (C=O) groups excluding carboxylic acids is 1. The first-order chi connectivity index (χ1) is 7.90. The molecule has 1 aromatic carbocycles. The molecule has 0 bridgehead atoms. The van der Waals surface area contributed by atoms with Crippen LogP contribution in [0.5, 0.6) is 0 Å². The predicted molar refractivity (Wildman–Crippen MR) is 66.0 cm³/mol. The molecule has 0 heterocycles. The normalized spacial score (nSPS) is 10.4. The molecule has 102 valence electrons. The summed E-state index contributed by atoms with van der Waals surface area (Å²) in [4.78, 5) is 11.7. The van der Waals surface area contributed by atoms with Crippen LogP contribution in [-0.2, 0) is 6.42 Å². The van der Waals surface area contributed by atoms with Crippen molar-refractivity contribution in [3.63, 3.8) is 0 Å². The summed E-state index contributed by atoms with van der Waals surface area (Å²) in [5.74, 6) is -1.15. The minimum atomic E-state index is -2.56. The molecule has 1 amide bonds. The molecule has 0 aliphatic rings. The van der Waals surface area contributed by atoms with Crippen molar-refractivity contribution in [1.82, 2.24) is 5.32 Å². The van der Waals surface area contributed by atoms with E-state index in [1.807, 2.05) is 0 Å². The van der Waals surface area contributed by atoms with E-state index >= 15 is 0 Å². The summed E-state index contributed by atoms with van der Waals surface area (Å²) in [5, 5.41) is 2.55. The molecule has 18 heavy (non-hydrogen) atoms. The number of benzene rings is 1. The Morgan fingerprint density at radius 1 is 1.33 bits per heavy atom. The molecular formula is C12H15ClF3NO. The van der Waals surface area contributed by atoms with Crippen LogP contribution in [0, 0.1) is 5.82 Å². The molecule has 1 N–H and O–H groups in total. The molecule has 0 unspecified atom stereocenters. The van der Waals surface area contributed by atoms with Crippen molar-refractivity contribution in [3.05, 3.63) is 35.1 Å². The molecule has 0 aromatic heterocycles. The largest absolute Gasteiger partial charge is 0.350 e. The third-order valence-corrected chi connectivity index (χ3v) is 2.11. The van der Waals surface area contributed by atoms with Crippen LogP contribution in [0.4, 0.5) is 13.2 Å². The summed E-state index contributed by atoms with van der Waals surface area (Å²) in [7, 11) is 0. The van der Waals surface area contributed by atoms with Gasteiger partial charge in [0.1, 0.15) is 5.82 Å². The zero-order valence-electron chi connectivity index (χ0n) is 10.0. The second-order valence-electron chi connectivity index (χ2n) is 4.02. The molecular weight excluding hydrogens is 267 g/mol. The number of hydrogen-bond donors (Lipinski definition) is 1.